The normalized spacial score (nSPS) is 17.2. The summed E-state index contributed by atoms with van der Waals surface area (Å²) in [6.45, 7) is 9.84. The van der Waals surface area contributed by atoms with Crippen LogP contribution >= 0.6 is 0 Å². The van der Waals surface area contributed by atoms with Crippen molar-refractivity contribution < 1.29 is 9.59 Å². The molecule has 1 saturated carbocycles. The quantitative estimate of drug-likeness (QED) is 0.402. The predicted molar refractivity (Wildman–Crippen MR) is 132 cm³/mol. The minimum atomic E-state index is -0.640. The van der Waals surface area contributed by atoms with Gasteiger partial charge in [0.05, 0.1) is 13.1 Å². The van der Waals surface area contributed by atoms with Gasteiger partial charge in [-0.2, -0.15) is 0 Å². The third-order valence-corrected chi connectivity index (χ3v) is 6.20. The molecule has 0 aromatic carbocycles. The Morgan fingerprint density at radius 2 is 1.74 bits per heavy atom. The molecule has 4 N–H and O–H groups in total. The number of amides is 2. The number of aromatic amines is 1. The molecule has 0 spiro atoms. The van der Waals surface area contributed by atoms with E-state index >= 15 is 0 Å². The summed E-state index contributed by atoms with van der Waals surface area (Å²) >= 11 is 0. The van der Waals surface area contributed by atoms with Crippen molar-refractivity contribution in [2.45, 2.75) is 59.0 Å². The zero-order valence-corrected chi connectivity index (χ0v) is 20.6. The number of nitrogen functional groups attached to an aromatic ring is 1. The van der Waals surface area contributed by atoms with Crippen molar-refractivity contribution in [2.75, 3.05) is 56.4 Å². The van der Waals surface area contributed by atoms with Crippen LogP contribution in [0.15, 0.2) is 9.59 Å². The summed E-state index contributed by atoms with van der Waals surface area (Å²) in [4.78, 5) is 58.3. The molecule has 0 radical (unpaired) electrons. The first-order valence-corrected chi connectivity index (χ1v) is 12.4. The number of anilines is 2. The molecule has 1 aliphatic carbocycles. The molecule has 2 fully saturated rings. The Balaban J connectivity index is 1.68. The van der Waals surface area contributed by atoms with E-state index < -0.39 is 11.2 Å². The van der Waals surface area contributed by atoms with E-state index in [9.17, 15) is 19.2 Å². The lowest BCUT2D eigenvalue weighted by molar-refractivity contribution is -0.124. The number of nitrogens with one attached hydrogen (secondary N) is 2. The van der Waals surface area contributed by atoms with E-state index in [4.69, 9.17) is 5.73 Å². The molecule has 34 heavy (non-hydrogen) atoms. The molecular formula is C23H39N7O4. The summed E-state index contributed by atoms with van der Waals surface area (Å²) in [6.07, 6.45) is 3.68. The average molecular weight is 478 g/mol. The van der Waals surface area contributed by atoms with Gasteiger partial charge in [-0.3, -0.25) is 33.7 Å². The fraction of sp³-hybridized carbons (Fsp3) is 0.739. The molecule has 11 nitrogen and oxygen atoms in total. The topological polar surface area (TPSA) is 137 Å². The van der Waals surface area contributed by atoms with Gasteiger partial charge in [-0.25, -0.2) is 4.79 Å². The number of hydrogen-bond donors (Lipinski definition) is 3. The molecule has 2 amide bonds. The second-order valence-electron chi connectivity index (χ2n) is 9.79. The van der Waals surface area contributed by atoms with Crippen LogP contribution < -0.4 is 27.2 Å². The second-order valence-corrected chi connectivity index (χ2v) is 9.79. The Labute approximate surface area is 200 Å². The first kappa shape index (κ1) is 26.0. The fourth-order valence-corrected chi connectivity index (χ4v) is 4.15. The van der Waals surface area contributed by atoms with Crippen molar-refractivity contribution in [2.24, 2.45) is 5.92 Å². The number of hydrogen-bond acceptors (Lipinski definition) is 7. The minimum Gasteiger partial charge on any atom is -0.383 e. The Hall–Kier alpha value is -2.66. The molecule has 3 rings (SSSR count). The Morgan fingerprint density at radius 1 is 1.12 bits per heavy atom. The molecule has 1 aromatic heterocycles. The van der Waals surface area contributed by atoms with Crippen molar-refractivity contribution in [3.8, 4) is 0 Å². The summed E-state index contributed by atoms with van der Waals surface area (Å²) in [5.41, 5.74) is 5.12. The number of nitrogens with zero attached hydrogens (tertiary/aromatic N) is 4. The standard InChI is InChI=1S/C23H39N7O4/c1-4-5-8-29(20-21(24)30(13-16(2)3)23(34)26-22(20)33)19(32)15-28-11-9-27(10-12-28)14-18(31)25-17-6-7-17/h16-17H,4-15,24H2,1-3H3,(H,25,31)(H,26,33,34). The Bertz CT molecular complexity index is 975. The van der Waals surface area contributed by atoms with Crippen molar-refractivity contribution in [3.63, 3.8) is 0 Å². The zero-order valence-electron chi connectivity index (χ0n) is 20.6. The van der Waals surface area contributed by atoms with Crippen LogP contribution in [0, 0.1) is 5.92 Å². The second kappa shape index (κ2) is 11.7. The minimum absolute atomic E-state index is 0.0263. The summed E-state index contributed by atoms with van der Waals surface area (Å²) in [5.74, 6) is 0.00362. The van der Waals surface area contributed by atoms with Crippen LogP contribution in [-0.4, -0.2) is 83.0 Å². The highest BCUT2D eigenvalue weighted by Crippen LogP contribution is 2.20. The van der Waals surface area contributed by atoms with Crippen LogP contribution in [0.2, 0.25) is 0 Å². The van der Waals surface area contributed by atoms with E-state index in [0.717, 1.165) is 19.3 Å². The molecule has 1 saturated heterocycles. The molecular weight excluding hydrogens is 438 g/mol. The third kappa shape index (κ3) is 6.92. The van der Waals surface area contributed by atoms with Crippen LogP contribution in [0.1, 0.15) is 46.5 Å². The molecule has 2 heterocycles. The lowest BCUT2D eigenvalue weighted by Gasteiger charge is -2.35. The summed E-state index contributed by atoms with van der Waals surface area (Å²) in [6, 6.07) is 0.353. The number of aromatic nitrogens is 2. The van der Waals surface area contributed by atoms with Crippen molar-refractivity contribution >= 4 is 23.3 Å². The van der Waals surface area contributed by atoms with E-state index in [0.29, 0.717) is 58.3 Å². The third-order valence-electron chi connectivity index (χ3n) is 6.20. The molecule has 1 aromatic rings. The maximum Gasteiger partial charge on any atom is 0.330 e. The largest absolute Gasteiger partial charge is 0.383 e. The molecule has 0 unspecified atom stereocenters. The molecule has 2 aliphatic rings. The Morgan fingerprint density at radius 3 is 2.29 bits per heavy atom. The average Bonchev–Trinajstić information content (AvgIpc) is 3.58. The number of piperazine rings is 1. The van der Waals surface area contributed by atoms with Crippen LogP contribution in [0.3, 0.4) is 0 Å². The summed E-state index contributed by atoms with van der Waals surface area (Å²) in [5, 5.41) is 3.00. The highest BCUT2D eigenvalue weighted by atomic mass is 16.2. The lowest BCUT2D eigenvalue weighted by atomic mass is 10.2. The highest BCUT2D eigenvalue weighted by Gasteiger charge is 2.28. The molecule has 0 bridgehead atoms. The molecule has 0 atom stereocenters. The van der Waals surface area contributed by atoms with Crippen molar-refractivity contribution in [1.29, 1.82) is 0 Å². The SMILES string of the molecule is CCCCN(C(=O)CN1CCN(CC(=O)NC2CC2)CC1)c1c(N)n(CC(C)C)c(=O)[nH]c1=O. The van der Waals surface area contributed by atoms with Crippen LogP contribution in [0.4, 0.5) is 11.5 Å². The monoisotopic (exact) mass is 477 g/mol. The van der Waals surface area contributed by atoms with E-state index in [1.165, 1.54) is 9.47 Å². The van der Waals surface area contributed by atoms with Crippen molar-refractivity contribution in [3.05, 3.63) is 20.8 Å². The van der Waals surface area contributed by atoms with Gasteiger partial charge in [0.25, 0.3) is 5.56 Å². The van der Waals surface area contributed by atoms with Gasteiger partial charge in [-0.05, 0) is 25.2 Å². The lowest BCUT2D eigenvalue weighted by Crippen LogP contribution is -2.52. The van der Waals surface area contributed by atoms with E-state index in [1.807, 2.05) is 25.7 Å². The predicted octanol–water partition coefficient (Wildman–Crippen LogP) is -0.196. The zero-order chi connectivity index (χ0) is 24.8. The Kier molecular flexibility index (Phi) is 8.90. The van der Waals surface area contributed by atoms with Crippen molar-refractivity contribution in [1.82, 2.24) is 24.7 Å². The summed E-state index contributed by atoms with van der Waals surface area (Å²) in [7, 11) is 0. The maximum absolute atomic E-state index is 13.3. The molecule has 11 heteroatoms. The van der Waals surface area contributed by atoms with Crippen LogP contribution in [0.25, 0.3) is 0 Å². The molecule has 1 aliphatic heterocycles. The van der Waals surface area contributed by atoms with Gasteiger partial charge < -0.3 is 16.0 Å². The number of H-pyrrole nitrogens is 1. The van der Waals surface area contributed by atoms with Gasteiger partial charge in [-0.1, -0.05) is 27.2 Å². The van der Waals surface area contributed by atoms with Gasteiger partial charge in [0.15, 0.2) is 5.69 Å². The highest BCUT2D eigenvalue weighted by molar-refractivity contribution is 5.96. The number of unbranched alkanes of at least 4 members (excludes halogenated alkanes) is 1. The van der Waals surface area contributed by atoms with E-state index in [-0.39, 0.29) is 35.8 Å². The molecule has 190 valence electrons. The number of carbonyl (C=O) groups excluding carboxylic acids is 2. The first-order valence-electron chi connectivity index (χ1n) is 12.4. The van der Waals surface area contributed by atoms with Gasteiger partial charge >= 0.3 is 5.69 Å². The van der Waals surface area contributed by atoms with Gasteiger partial charge in [0.1, 0.15) is 5.82 Å². The van der Waals surface area contributed by atoms with E-state index in [1.54, 1.807) is 0 Å². The number of carbonyl (C=O) groups is 2. The fourth-order valence-electron chi connectivity index (χ4n) is 4.15. The van der Waals surface area contributed by atoms with Gasteiger partial charge in [0, 0.05) is 45.3 Å². The maximum atomic E-state index is 13.3. The number of nitrogens with two attached hydrogens (primary N) is 1. The first-order chi connectivity index (χ1) is 16.2. The van der Waals surface area contributed by atoms with Crippen LogP contribution in [0.5, 0.6) is 0 Å². The summed E-state index contributed by atoms with van der Waals surface area (Å²) < 4.78 is 1.33. The van der Waals surface area contributed by atoms with Gasteiger partial charge in [0.2, 0.25) is 11.8 Å². The smallest absolute Gasteiger partial charge is 0.330 e. The van der Waals surface area contributed by atoms with E-state index in [2.05, 4.69) is 15.2 Å². The van der Waals surface area contributed by atoms with Crippen LogP contribution in [-0.2, 0) is 16.1 Å². The number of rotatable bonds is 11. The van der Waals surface area contributed by atoms with Gasteiger partial charge in [-0.15, -0.1) is 0 Å².